The normalized spacial score (nSPS) is 24.0. The maximum absolute atomic E-state index is 14.2. The third kappa shape index (κ3) is 4.77. The molecule has 0 amide bonds. The van der Waals surface area contributed by atoms with Crippen molar-refractivity contribution < 1.29 is 35.5 Å². The monoisotopic (exact) mass is 637 g/mol. The van der Waals surface area contributed by atoms with E-state index in [-0.39, 0.29) is 68.4 Å². The first-order chi connectivity index (χ1) is 24.4. The first kappa shape index (κ1) is 25.6. The van der Waals surface area contributed by atoms with Gasteiger partial charge in [-0.3, -0.25) is 29.1 Å². The van der Waals surface area contributed by atoms with Gasteiger partial charge in [-0.05, 0) is 62.9 Å². The summed E-state index contributed by atoms with van der Waals surface area (Å²) in [5.41, 5.74) is 4.54. The Morgan fingerprint density at radius 3 is 2.24 bits per heavy atom. The Morgan fingerprint density at radius 2 is 1.59 bits per heavy atom. The molecule has 10 heteroatoms. The van der Waals surface area contributed by atoms with Gasteiger partial charge in [-0.2, -0.15) is 0 Å². The Kier molecular flexibility index (Phi) is 6.47. The van der Waals surface area contributed by atoms with Crippen molar-refractivity contribution in [2.24, 2.45) is 0 Å². The summed E-state index contributed by atoms with van der Waals surface area (Å²) in [6, 6.07) is 5.06. The molecule has 1 unspecified atom stereocenters. The fraction of sp³-hybridized carbons (Fsp3) is 0.444. The van der Waals surface area contributed by atoms with Crippen LogP contribution < -0.4 is 0 Å². The molecule has 10 nitrogen and oxygen atoms in total. The lowest BCUT2D eigenvalue weighted by atomic mass is 9.92. The van der Waals surface area contributed by atoms with E-state index in [0.717, 1.165) is 0 Å². The molecule has 1 aliphatic carbocycles. The number of carbonyl (C=O) groups excluding carboxylic acids is 4. The lowest BCUT2D eigenvalue weighted by molar-refractivity contribution is -0.142. The highest BCUT2D eigenvalue weighted by molar-refractivity contribution is 6.23. The number of ketones is 2. The van der Waals surface area contributed by atoms with Gasteiger partial charge in [-0.15, -0.1) is 0 Å². The smallest absolute Gasteiger partial charge is 0.321 e. The number of hydrogen-bond acceptors (Lipinski definition) is 8. The molecule has 3 aromatic heterocycles. The molecule has 0 radical (unpaired) electrons. The molecule has 6 rings (SSSR count). The summed E-state index contributed by atoms with van der Waals surface area (Å²) in [6.07, 6.45) is -0.544. The minimum atomic E-state index is -1.42. The van der Waals surface area contributed by atoms with E-state index < -0.39 is 53.7 Å². The standard InChI is InChI=1S/C36H40N4O6/c1-9-20-15(2)22-14-27-29(19(6)41)17(4)24(38-27)12-23-16(3)21(10-11-28(42)45-7)33(39-23)31-32(36(44)46-8)35(43)30-18(5)25(40-34(30)31)13-26(20)37-22/h12-16,20-21,32,38,40H,9-11H2,1-8H3/t15-,16+,20-,21+,32-/m1/s1/i1+1,2+1D,3+1D,4+1D,5+1D,6+1,9D,11+1,32+1/t9?,15-,16+,20-,21+,32-. The first-order valence-corrected chi connectivity index (χ1v) is 15.1. The van der Waals surface area contributed by atoms with E-state index in [0.29, 0.717) is 50.5 Å². The largest absolute Gasteiger partial charge is 0.469 e. The summed E-state index contributed by atoms with van der Waals surface area (Å²) < 4.78 is 52.8. The number of carbonyl (C=O) groups is 4. The van der Waals surface area contributed by atoms with Crippen LogP contribution >= 0.6 is 0 Å². The summed E-state index contributed by atoms with van der Waals surface area (Å²) in [5.74, 6) is -5.85. The topological polar surface area (TPSA) is 144 Å². The van der Waals surface area contributed by atoms with E-state index in [1.807, 2.05) is 0 Å². The number of methoxy groups -OCH3 is 2. The van der Waals surface area contributed by atoms with Crippen LogP contribution in [0.25, 0.3) is 22.1 Å². The number of ether oxygens (including phenoxy) is 2. The summed E-state index contributed by atoms with van der Waals surface area (Å²) in [7, 11) is 2.45. The molecule has 46 heavy (non-hydrogen) atoms. The van der Waals surface area contributed by atoms with Crippen LogP contribution in [0.1, 0.15) is 144 Å². The molecule has 2 N–H and O–H groups in total. The van der Waals surface area contributed by atoms with E-state index in [1.165, 1.54) is 21.1 Å². The summed E-state index contributed by atoms with van der Waals surface area (Å²) in [4.78, 5) is 69.7. The van der Waals surface area contributed by atoms with Crippen LogP contribution in [0.5, 0.6) is 0 Å². The predicted octanol–water partition coefficient (Wildman–Crippen LogP) is 6.72. The van der Waals surface area contributed by atoms with Crippen LogP contribution in [-0.4, -0.2) is 57.7 Å². The molecule has 0 spiro atoms. The number of aryl methyl sites for hydroxylation is 2. The number of H-pyrrole nitrogens is 2. The van der Waals surface area contributed by atoms with Crippen LogP contribution in [0.15, 0.2) is 18.2 Å². The van der Waals surface area contributed by atoms with Crippen molar-refractivity contribution in [1.29, 1.82) is 0 Å². The molecule has 3 aliphatic rings. The maximum Gasteiger partial charge on any atom is 0.321 e. The lowest BCUT2D eigenvalue weighted by Crippen LogP contribution is -2.21. The van der Waals surface area contributed by atoms with Gasteiger partial charge in [0, 0.05) is 81.8 Å². The van der Waals surface area contributed by atoms with Gasteiger partial charge < -0.3 is 19.4 Å². The molecule has 0 saturated carbocycles. The third-order valence-electron chi connectivity index (χ3n) is 9.44. The number of aromatic amines is 2. The van der Waals surface area contributed by atoms with Crippen molar-refractivity contribution >= 4 is 45.6 Å². The zero-order valence-electron chi connectivity index (χ0n) is 31.3. The highest BCUT2D eigenvalue weighted by Crippen LogP contribution is 2.48. The highest BCUT2D eigenvalue weighted by atomic mass is 16.5. The first-order valence-electron chi connectivity index (χ1n) is 18.5. The number of nitrogens with one attached hydrogen (secondary N) is 2. The van der Waals surface area contributed by atoms with Gasteiger partial charge in [0.25, 0.3) is 0 Å². The molecule has 240 valence electrons. The molecule has 6 atom stereocenters. The van der Waals surface area contributed by atoms with Gasteiger partial charge in [0.1, 0.15) is 5.92 Å². The molecule has 0 fully saturated rings. The van der Waals surface area contributed by atoms with Crippen molar-refractivity contribution in [3.63, 3.8) is 0 Å². The summed E-state index contributed by atoms with van der Waals surface area (Å²) in [5, 5.41) is 0. The number of Topliss-reactive ketones (excluding diaryl/α,β-unsaturated/α-hetero) is 2. The zero-order valence-corrected chi connectivity index (χ0v) is 26.3. The highest BCUT2D eigenvalue weighted by Gasteiger charge is 2.45. The lowest BCUT2D eigenvalue weighted by Gasteiger charge is -2.18. The molecule has 2 aliphatic heterocycles. The van der Waals surface area contributed by atoms with E-state index in [9.17, 15) is 19.2 Å². The SMILES string of the molecule is [2H][13CH2]c1c(C([13CH3])=O)c2cc3nc(cc4[nH]c5c(c4[13CH2][2H])C(=O)[13C@H](C(=O)OC)c5c4nc(cc1[nH]2)[C@@H]([13CH2][2H])[C@@H]4C[13CH2]C(=O)OC)[C@H](C([2H])[13CH3])[C@H]3[13CH2][2H]. The van der Waals surface area contributed by atoms with Crippen LogP contribution in [0.3, 0.4) is 0 Å². The fourth-order valence-electron chi connectivity index (χ4n) is 7.03. The van der Waals surface area contributed by atoms with Gasteiger partial charge >= 0.3 is 11.9 Å². The maximum atomic E-state index is 14.2. The third-order valence-corrected chi connectivity index (χ3v) is 9.44. The van der Waals surface area contributed by atoms with Gasteiger partial charge in [-0.1, -0.05) is 20.7 Å². The van der Waals surface area contributed by atoms with Crippen LogP contribution in [-0.2, 0) is 19.1 Å². The second kappa shape index (κ2) is 11.6. The van der Waals surface area contributed by atoms with Gasteiger partial charge in [0.2, 0.25) is 0 Å². The second-order valence-electron chi connectivity index (χ2n) is 12.0. The minimum absolute atomic E-state index is 0.0287. The number of nitrogens with zero attached hydrogens (tertiary/aromatic N) is 2. The van der Waals surface area contributed by atoms with E-state index >= 15 is 0 Å². The van der Waals surface area contributed by atoms with Crippen LogP contribution in [0.2, 0.25) is 0 Å². The number of hydrogen-bond donors (Lipinski definition) is 2. The van der Waals surface area contributed by atoms with E-state index in [4.69, 9.17) is 26.3 Å². The summed E-state index contributed by atoms with van der Waals surface area (Å²) >= 11 is 0. The minimum Gasteiger partial charge on any atom is -0.469 e. The van der Waals surface area contributed by atoms with Crippen molar-refractivity contribution in [1.82, 2.24) is 19.9 Å². The Bertz CT molecular complexity index is 2110. The van der Waals surface area contributed by atoms with E-state index in [2.05, 4.69) is 9.97 Å². The molecular weight excluding hydrogens is 592 g/mol. The van der Waals surface area contributed by atoms with Crippen molar-refractivity contribution in [3.05, 3.63) is 68.8 Å². The predicted molar refractivity (Wildman–Crippen MR) is 173 cm³/mol. The molecule has 0 aromatic carbocycles. The van der Waals surface area contributed by atoms with Crippen molar-refractivity contribution in [3.8, 4) is 0 Å². The van der Waals surface area contributed by atoms with E-state index in [1.54, 1.807) is 25.1 Å². The molecule has 8 bridgehead atoms. The van der Waals surface area contributed by atoms with Gasteiger partial charge in [0.05, 0.1) is 30.9 Å². The van der Waals surface area contributed by atoms with Gasteiger partial charge in [-0.25, -0.2) is 0 Å². The number of fused-ring (bicyclic) bond motifs is 8. The van der Waals surface area contributed by atoms with Crippen LogP contribution in [0.4, 0.5) is 0 Å². The number of esters is 2. The average molecular weight is 638 g/mol. The van der Waals surface area contributed by atoms with Crippen molar-refractivity contribution in [2.45, 2.75) is 90.3 Å². The van der Waals surface area contributed by atoms with Crippen molar-refractivity contribution in [2.75, 3.05) is 14.2 Å². The zero-order chi connectivity index (χ0) is 36.9. The Labute approximate surface area is 274 Å². The van der Waals surface area contributed by atoms with Gasteiger partial charge in [0.15, 0.2) is 11.6 Å². The molecule has 3 aromatic rings. The fourth-order valence-corrected chi connectivity index (χ4v) is 7.03. The van der Waals surface area contributed by atoms with Crippen LogP contribution in [0, 0.1) is 13.8 Å². The Hall–Kier alpha value is -4.60. The Morgan fingerprint density at radius 1 is 0.913 bits per heavy atom. The second-order valence-corrected chi connectivity index (χ2v) is 12.0. The number of aromatic nitrogens is 4. The quantitative estimate of drug-likeness (QED) is 0.131. The Balaban J connectivity index is 1.85. The molecule has 0 saturated heterocycles. The molecule has 5 heterocycles. The average Bonchev–Trinajstić information content (AvgIpc) is 3.88. The molecular formula is C36H40N4O6. The number of rotatable bonds is 6. The summed E-state index contributed by atoms with van der Waals surface area (Å²) in [6.45, 7) is 2.25.